The maximum atomic E-state index is 13.3. The number of hydrogen-bond donors (Lipinski definition) is 3. The van der Waals surface area contributed by atoms with Gasteiger partial charge in [-0.1, -0.05) is 0 Å². The molecule has 1 atom stereocenters. The van der Waals surface area contributed by atoms with Crippen molar-refractivity contribution in [3.8, 4) is 5.75 Å². The summed E-state index contributed by atoms with van der Waals surface area (Å²) < 4.78 is 26.3. The molecular weight excluding hydrogens is 272 g/mol. The summed E-state index contributed by atoms with van der Waals surface area (Å²) in [6.45, 7) is 0.0908. The predicted molar refractivity (Wildman–Crippen MR) is 54.6 cm³/mol. The minimum absolute atomic E-state index is 0.00607. The maximum Gasteiger partial charge on any atom is 0.201 e. The van der Waals surface area contributed by atoms with E-state index in [-0.39, 0.29) is 16.6 Å². The molecule has 0 heterocycles. The van der Waals surface area contributed by atoms with Crippen LogP contribution in [0.25, 0.3) is 0 Å². The Labute approximate surface area is 93.9 Å². The van der Waals surface area contributed by atoms with Crippen molar-refractivity contribution >= 4 is 15.9 Å². The van der Waals surface area contributed by atoms with E-state index in [1.54, 1.807) is 7.05 Å². The average molecular weight is 282 g/mol. The zero-order valence-corrected chi connectivity index (χ0v) is 9.48. The summed E-state index contributed by atoms with van der Waals surface area (Å²) in [6, 6.07) is 1.15. The number of hydrogen-bond acceptors (Lipinski definition) is 3. The molecule has 0 amide bonds. The summed E-state index contributed by atoms with van der Waals surface area (Å²) in [5, 5.41) is 21.2. The smallest absolute Gasteiger partial charge is 0.201 e. The molecule has 0 saturated carbocycles. The molecule has 0 spiro atoms. The van der Waals surface area contributed by atoms with E-state index >= 15 is 0 Å². The Morgan fingerprint density at radius 3 is 2.60 bits per heavy atom. The van der Waals surface area contributed by atoms with Gasteiger partial charge in [-0.2, -0.15) is 4.39 Å². The molecule has 0 radical (unpaired) electrons. The van der Waals surface area contributed by atoms with Crippen LogP contribution < -0.4 is 5.32 Å². The van der Waals surface area contributed by atoms with Gasteiger partial charge in [-0.3, -0.25) is 0 Å². The van der Waals surface area contributed by atoms with Crippen LogP contribution in [-0.4, -0.2) is 23.8 Å². The molecule has 0 aromatic heterocycles. The minimum atomic E-state index is -1.37. The topological polar surface area (TPSA) is 52.5 Å². The van der Waals surface area contributed by atoms with E-state index in [2.05, 4.69) is 21.2 Å². The van der Waals surface area contributed by atoms with Gasteiger partial charge >= 0.3 is 0 Å². The Morgan fingerprint density at radius 1 is 1.47 bits per heavy atom. The Bertz CT molecular complexity index is 374. The number of aromatic hydroxyl groups is 1. The van der Waals surface area contributed by atoms with Gasteiger partial charge in [-0.25, -0.2) is 4.39 Å². The first-order chi connectivity index (χ1) is 6.99. The fraction of sp³-hybridized carbons (Fsp3) is 0.333. The number of phenols is 1. The minimum Gasteiger partial charge on any atom is -0.504 e. The molecule has 0 bridgehead atoms. The van der Waals surface area contributed by atoms with Crippen LogP contribution in [0, 0.1) is 11.6 Å². The Balaban J connectivity index is 3.19. The SMILES string of the molecule is CNCC(O)c1cc(Br)c(O)c(F)c1F. The van der Waals surface area contributed by atoms with E-state index < -0.39 is 23.5 Å². The standard InChI is InChI=1S/C9H10BrF2NO2/c1-13-3-6(14)4-2-5(10)9(15)8(12)7(4)11/h2,6,13-15H,3H2,1H3. The lowest BCUT2D eigenvalue weighted by Crippen LogP contribution is -2.18. The quantitative estimate of drug-likeness (QED) is 0.739. The van der Waals surface area contributed by atoms with Crippen LogP contribution in [-0.2, 0) is 0 Å². The van der Waals surface area contributed by atoms with Crippen LogP contribution in [0.1, 0.15) is 11.7 Å². The summed E-state index contributed by atoms with van der Waals surface area (Å²) >= 11 is 2.86. The van der Waals surface area contributed by atoms with Gasteiger partial charge < -0.3 is 15.5 Å². The van der Waals surface area contributed by atoms with Crippen LogP contribution >= 0.6 is 15.9 Å². The molecular formula is C9H10BrF2NO2. The fourth-order valence-electron chi connectivity index (χ4n) is 1.15. The van der Waals surface area contributed by atoms with Crippen LogP contribution in [0.15, 0.2) is 10.5 Å². The molecule has 6 heteroatoms. The van der Waals surface area contributed by atoms with Crippen molar-refractivity contribution in [3.05, 3.63) is 27.7 Å². The molecule has 0 saturated heterocycles. The summed E-state index contributed by atoms with van der Waals surface area (Å²) in [4.78, 5) is 0. The number of halogens is 3. The lowest BCUT2D eigenvalue weighted by Gasteiger charge is -2.13. The monoisotopic (exact) mass is 281 g/mol. The van der Waals surface area contributed by atoms with E-state index in [0.717, 1.165) is 6.07 Å². The molecule has 1 rings (SSSR count). The second kappa shape index (κ2) is 4.87. The van der Waals surface area contributed by atoms with Crippen molar-refractivity contribution in [2.45, 2.75) is 6.10 Å². The van der Waals surface area contributed by atoms with Crippen LogP contribution in [0.4, 0.5) is 8.78 Å². The molecule has 0 aliphatic rings. The largest absolute Gasteiger partial charge is 0.504 e. The van der Waals surface area contributed by atoms with Crippen molar-refractivity contribution in [1.29, 1.82) is 0 Å². The summed E-state index contributed by atoms with van der Waals surface area (Å²) in [5.74, 6) is -3.40. The Morgan fingerprint density at radius 2 is 2.07 bits per heavy atom. The molecule has 84 valence electrons. The zero-order valence-electron chi connectivity index (χ0n) is 7.89. The van der Waals surface area contributed by atoms with Gasteiger partial charge in [-0.05, 0) is 29.0 Å². The Kier molecular flexibility index (Phi) is 4.01. The first-order valence-corrected chi connectivity index (χ1v) is 4.97. The van der Waals surface area contributed by atoms with Gasteiger partial charge in [0.2, 0.25) is 5.82 Å². The van der Waals surface area contributed by atoms with E-state index in [4.69, 9.17) is 5.11 Å². The third kappa shape index (κ3) is 2.45. The number of likely N-dealkylation sites (N-methyl/N-ethyl adjacent to an activating group) is 1. The van der Waals surface area contributed by atoms with Crippen molar-refractivity contribution in [1.82, 2.24) is 5.32 Å². The molecule has 0 aliphatic heterocycles. The molecule has 0 aliphatic carbocycles. The van der Waals surface area contributed by atoms with Gasteiger partial charge in [0, 0.05) is 12.1 Å². The zero-order chi connectivity index (χ0) is 11.6. The van der Waals surface area contributed by atoms with Crippen LogP contribution in [0.2, 0.25) is 0 Å². The summed E-state index contributed by atoms with van der Waals surface area (Å²) in [6.07, 6.45) is -1.17. The second-order valence-electron chi connectivity index (χ2n) is 3.00. The number of nitrogens with one attached hydrogen (secondary N) is 1. The molecule has 15 heavy (non-hydrogen) atoms. The normalized spacial score (nSPS) is 12.9. The van der Waals surface area contributed by atoms with Crippen LogP contribution in [0.5, 0.6) is 5.75 Å². The molecule has 3 N–H and O–H groups in total. The third-order valence-corrected chi connectivity index (χ3v) is 2.52. The molecule has 1 unspecified atom stereocenters. The second-order valence-corrected chi connectivity index (χ2v) is 3.85. The number of phenolic OH excluding ortho intramolecular Hbond substituents is 1. The van der Waals surface area contributed by atoms with Gasteiger partial charge in [-0.15, -0.1) is 0 Å². The summed E-state index contributed by atoms with van der Waals surface area (Å²) in [7, 11) is 1.58. The first-order valence-electron chi connectivity index (χ1n) is 4.18. The predicted octanol–water partition coefficient (Wildman–Crippen LogP) is 1.69. The van der Waals surface area contributed by atoms with E-state index in [1.807, 2.05) is 0 Å². The van der Waals surface area contributed by atoms with Crippen LogP contribution in [0.3, 0.4) is 0 Å². The highest BCUT2D eigenvalue weighted by molar-refractivity contribution is 9.10. The number of aliphatic hydroxyl groups excluding tert-OH is 1. The highest BCUT2D eigenvalue weighted by Gasteiger charge is 2.20. The lowest BCUT2D eigenvalue weighted by molar-refractivity contribution is 0.171. The first kappa shape index (κ1) is 12.4. The van der Waals surface area contributed by atoms with Crippen molar-refractivity contribution in [3.63, 3.8) is 0 Å². The Hall–Kier alpha value is -0.720. The number of rotatable bonds is 3. The highest BCUT2D eigenvalue weighted by atomic mass is 79.9. The van der Waals surface area contributed by atoms with Crippen molar-refractivity contribution in [2.75, 3.05) is 13.6 Å². The van der Waals surface area contributed by atoms with Crippen molar-refractivity contribution < 1.29 is 19.0 Å². The number of aliphatic hydroxyl groups is 1. The van der Waals surface area contributed by atoms with E-state index in [1.165, 1.54) is 0 Å². The van der Waals surface area contributed by atoms with Gasteiger partial charge in [0.05, 0.1) is 10.6 Å². The third-order valence-electron chi connectivity index (χ3n) is 1.92. The van der Waals surface area contributed by atoms with Gasteiger partial charge in [0.25, 0.3) is 0 Å². The number of benzene rings is 1. The summed E-state index contributed by atoms with van der Waals surface area (Å²) in [5.41, 5.74) is -0.202. The molecule has 1 aromatic rings. The lowest BCUT2D eigenvalue weighted by atomic mass is 10.1. The fourth-order valence-corrected chi connectivity index (χ4v) is 1.57. The van der Waals surface area contributed by atoms with Gasteiger partial charge in [0.1, 0.15) is 0 Å². The molecule has 1 aromatic carbocycles. The highest BCUT2D eigenvalue weighted by Crippen LogP contribution is 2.33. The van der Waals surface area contributed by atoms with E-state index in [9.17, 15) is 13.9 Å². The van der Waals surface area contributed by atoms with Crippen molar-refractivity contribution in [2.24, 2.45) is 0 Å². The maximum absolute atomic E-state index is 13.3. The van der Waals surface area contributed by atoms with E-state index in [0.29, 0.717) is 0 Å². The molecule has 0 fully saturated rings. The van der Waals surface area contributed by atoms with Gasteiger partial charge in [0.15, 0.2) is 11.6 Å². The molecule has 3 nitrogen and oxygen atoms in total. The average Bonchev–Trinajstić information content (AvgIpc) is 2.20.